The van der Waals surface area contributed by atoms with Gasteiger partial charge in [-0.2, -0.15) is 0 Å². The minimum absolute atomic E-state index is 0. The maximum atomic E-state index is 9.41. The molecule has 0 radical (unpaired) electrons. The van der Waals surface area contributed by atoms with Crippen molar-refractivity contribution in [2.24, 2.45) is 0 Å². The van der Waals surface area contributed by atoms with Crippen molar-refractivity contribution in [1.29, 1.82) is 0 Å². The fourth-order valence-electron chi connectivity index (χ4n) is 0.272. The van der Waals surface area contributed by atoms with E-state index in [1.807, 2.05) is 0 Å². The summed E-state index contributed by atoms with van der Waals surface area (Å²) in [6, 6.07) is 0. The van der Waals surface area contributed by atoms with Crippen LogP contribution in [0.5, 0.6) is 0 Å². The van der Waals surface area contributed by atoms with Crippen LogP contribution >= 0.6 is 0 Å². The summed E-state index contributed by atoms with van der Waals surface area (Å²) in [6.45, 7) is 0. The molecule has 0 aromatic carbocycles. The molecule has 0 aliphatic heterocycles. The fraction of sp³-hybridized carbons (Fsp3) is 0. The molecule has 9 heteroatoms. The number of rotatable bonds is 4. The second-order valence-corrected chi connectivity index (χ2v) is 1.94. The van der Waals surface area contributed by atoms with E-state index < -0.39 is 23.9 Å². The van der Waals surface area contributed by atoms with Crippen LogP contribution in [0.25, 0.3) is 0 Å². The van der Waals surface area contributed by atoms with E-state index in [2.05, 4.69) is 0 Å². The number of hydrogen-bond donors (Lipinski definition) is 0. The van der Waals surface area contributed by atoms with Gasteiger partial charge >= 0.3 is 19.5 Å². The van der Waals surface area contributed by atoms with Gasteiger partial charge in [-0.15, -0.1) is 0 Å². The van der Waals surface area contributed by atoms with Crippen LogP contribution in [-0.4, -0.2) is 23.9 Å². The quantitative estimate of drug-likeness (QED) is 0.364. The molecule has 0 saturated heterocycles. The Morgan fingerprint density at radius 2 is 0.647 bits per heavy atom. The van der Waals surface area contributed by atoms with Crippen molar-refractivity contribution in [1.82, 2.24) is 0 Å². The molecule has 0 aromatic heterocycles. The third-order valence-corrected chi connectivity index (χ3v) is 0.711. The summed E-state index contributed by atoms with van der Waals surface area (Å²) in [5.41, 5.74) is 0. The zero-order valence-corrected chi connectivity index (χ0v) is 9.67. The Morgan fingerprint density at radius 3 is 0.706 bits per heavy atom. The Bertz CT molecular complexity index is 277. The Balaban J connectivity index is -0.000000218. The first kappa shape index (κ1) is 20.4. The normalized spacial score (nSPS) is 8.94. The monoisotopic (exact) mass is 330 g/mol. The van der Waals surface area contributed by atoms with Gasteiger partial charge in [-0.05, 0) is 24.3 Å². The van der Waals surface area contributed by atoms with E-state index in [1.54, 1.807) is 0 Å². The van der Waals surface area contributed by atoms with Crippen molar-refractivity contribution in [3.63, 3.8) is 0 Å². The number of aliphatic carboxylic acids is 4. The molecule has 0 aliphatic rings. The molecular formula is C8H4O8Ru. The van der Waals surface area contributed by atoms with Gasteiger partial charge in [0.15, 0.2) is 0 Å². The Labute approximate surface area is 108 Å². The van der Waals surface area contributed by atoms with Gasteiger partial charge in [0, 0.05) is 0 Å². The number of hydrogen-bond acceptors (Lipinski definition) is 8. The average Bonchev–Trinajstić information content (AvgIpc) is 2.12. The van der Waals surface area contributed by atoms with Gasteiger partial charge < -0.3 is 39.6 Å². The Morgan fingerprint density at radius 1 is 0.529 bits per heavy atom. The maximum Gasteiger partial charge on any atom is 4.00 e. The molecule has 0 fully saturated rings. The molecule has 0 amide bonds. The zero-order valence-electron chi connectivity index (χ0n) is 7.93. The van der Waals surface area contributed by atoms with E-state index in [9.17, 15) is 39.6 Å². The summed E-state index contributed by atoms with van der Waals surface area (Å²) in [5, 5.41) is 37.7. The van der Waals surface area contributed by atoms with Crippen LogP contribution in [0.1, 0.15) is 0 Å². The number of carbonyl (C=O) groups excluding carboxylic acids is 4. The summed E-state index contributed by atoms with van der Waals surface area (Å²) >= 11 is 0. The van der Waals surface area contributed by atoms with E-state index in [0.29, 0.717) is 24.3 Å². The van der Waals surface area contributed by atoms with E-state index in [1.165, 1.54) is 0 Å². The largest absolute Gasteiger partial charge is 4.00 e. The van der Waals surface area contributed by atoms with Gasteiger partial charge in [0.2, 0.25) is 0 Å². The first-order chi connectivity index (χ1) is 7.25. The average molecular weight is 329 g/mol. The van der Waals surface area contributed by atoms with Gasteiger partial charge in [-0.3, -0.25) is 0 Å². The fourth-order valence-corrected chi connectivity index (χ4v) is 0.272. The minimum Gasteiger partial charge on any atom is -0.545 e. The van der Waals surface area contributed by atoms with Crippen molar-refractivity contribution in [2.45, 2.75) is 0 Å². The molecule has 0 atom stereocenters. The number of carboxylic acids is 4. The summed E-state index contributed by atoms with van der Waals surface area (Å²) < 4.78 is 0. The van der Waals surface area contributed by atoms with E-state index in [-0.39, 0.29) is 19.5 Å². The second kappa shape index (κ2) is 12.1. The van der Waals surface area contributed by atoms with Gasteiger partial charge in [0.1, 0.15) is 0 Å². The van der Waals surface area contributed by atoms with Crippen LogP contribution in [0.3, 0.4) is 0 Å². The van der Waals surface area contributed by atoms with Crippen molar-refractivity contribution in [3.05, 3.63) is 24.3 Å². The summed E-state index contributed by atoms with van der Waals surface area (Å²) in [7, 11) is 0. The molecule has 17 heavy (non-hydrogen) atoms. The number of carboxylic acid groups (broad SMARTS) is 4. The molecule has 0 aromatic rings. The molecule has 0 unspecified atom stereocenters. The molecule has 92 valence electrons. The SMILES string of the molecule is O=C([O-])/C=C\C(=O)[O-].O=C([O-])/C=C\C(=O)[O-].[Ru+4]. The molecule has 0 aliphatic carbocycles. The van der Waals surface area contributed by atoms with E-state index >= 15 is 0 Å². The van der Waals surface area contributed by atoms with Gasteiger partial charge in [-0.25, -0.2) is 0 Å². The molecule has 0 heterocycles. The summed E-state index contributed by atoms with van der Waals surface area (Å²) in [6.07, 6.45) is 1.54. The first-order valence-corrected chi connectivity index (χ1v) is 3.45. The van der Waals surface area contributed by atoms with Crippen molar-refractivity contribution < 1.29 is 59.1 Å². The van der Waals surface area contributed by atoms with Gasteiger partial charge in [-0.1, -0.05) is 0 Å². The molecule has 0 bridgehead atoms. The van der Waals surface area contributed by atoms with Crippen LogP contribution < -0.4 is 20.4 Å². The minimum atomic E-state index is -1.55. The molecule has 8 nitrogen and oxygen atoms in total. The topological polar surface area (TPSA) is 161 Å². The van der Waals surface area contributed by atoms with Crippen molar-refractivity contribution >= 4 is 23.9 Å². The molecule has 0 N–H and O–H groups in total. The van der Waals surface area contributed by atoms with Crippen LogP contribution in [0.4, 0.5) is 0 Å². The summed E-state index contributed by atoms with van der Waals surface area (Å²) in [5.74, 6) is -6.19. The van der Waals surface area contributed by atoms with Crippen LogP contribution in [0.15, 0.2) is 24.3 Å². The predicted octanol–water partition coefficient (Wildman–Crippen LogP) is -5.92. The van der Waals surface area contributed by atoms with Gasteiger partial charge in [0.05, 0.1) is 23.9 Å². The number of carbonyl (C=O) groups is 4. The van der Waals surface area contributed by atoms with Crippen molar-refractivity contribution in [2.75, 3.05) is 0 Å². The third-order valence-electron chi connectivity index (χ3n) is 0.711. The van der Waals surface area contributed by atoms with E-state index in [4.69, 9.17) is 0 Å². The summed E-state index contributed by atoms with van der Waals surface area (Å²) in [4.78, 5) is 37.7. The molecule has 0 spiro atoms. The smallest absolute Gasteiger partial charge is 0.545 e. The molecule has 0 saturated carbocycles. The zero-order chi connectivity index (χ0) is 13.1. The van der Waals surface area contributed by atoms with Crippen LogP contribution in [-0.2, 0) is 38.7 Å². The van der Waals surface area contributed by atoms with Crippen molar-refractivity contribution in [3.8, 4) is 0 Å². The standard InChI is InChI=1S/2C4H4O4.Ru/c2*5-3(6)1-2-4(7)8;/h2*1-2H,(H,5,6)(H,7,8);/q;;+4/p-4/b2*2-1-;. The maximum absolute atomic E-state index is 9.41. The third kappa shape index (κ3) is 31.5. The van der Waals surface area contributed by atoms with Crippen LogP contribution in [0.2, 0.25) is 0 Å². The molecule has 0 rings (SSSR count). The molecular weight excluding hydrogens is 325 g/mol. The predicted molar refractivity (Wildman–Crippen MR) is 38.3 cm³/mol. The van der Waals surface area contributed by atoms with Gasteiger partial charge in [0.25, 0.3) is 0 Å². The van der Waals surface area contributed by atoms with E-state index in [0.717, 1.165) is 0 Å². The Hall–Kier alpha value is -2.02. The van der Waals surface area contributed by atoms with Crippen LogP contribution in [0, 0.1) is 0 Å². The Kier molecular flexibility index (Phi) is 14.5. The first-order valence-electron chi connectivity index (χ1n) is 3.45. The second-order valence-electron chi connectivity index (χ2n) is 1.94.